The van der Waals surface area contributed by atoms with Gasteiger partial charge in [0.15, 0.2) is 5.82 Å². The van der Waals surface area contributed by atoms with Crippen molar-refractivity contribution in [2.24, 2.45) is 11.8 Å². The van der Waals surface area contributed by atoms with Gasteiger partial charge in [0.1, 0.15) is 11.9 Å². The second kappa shape index (κ2) is 5.63. The van der Waals surface area contributed by atoms with Crippen molar-refractivity contribution in [3.8, 4) is 0 Å². The van der Waals surface area contributed by atoms with E-state index in [1.54, 1.807) is 12.3 Å². The van der Waals surface area contributed by atoms with Crippen LogP contribution in [-0.4, -0.2) is 16.6 Å². The molecular formula is C10H18N4O. The fourth-order valence-electron chi connectivity index (χ4n) is 1.34. The minimum absolute atomic E-state index is 0.0803. The van der Waals surface area contributed by atoms with Gasteiger partial charge in [-0.3, -0.25) is 0 Å². The normalized spacial score (nSPS) is 12.9. The summed E-state index contributed by atoms with van der Waals surface area (Å²) in [7, 11) is 0. The number of ether oxygens (including phenoxy) is 1. The van der Waals surface area contributed by atoms with E-state index in [-0.39, 0.29) is 6.10 Å². The molecular weight excluding hydrogens is 192 g/mol. The third-order valence-corrected chi connectivity index (χ3v) is 2.03. The van der Waals surface area contributed by atoms with Gasteiger partial charge in [-0.1, -0.05) is 13.8 Å². The van der Waals surface area contributed by atoms with E-state index in [4.69, 9.17) is 10.6 Å². The average Bonchev–Trinajstić information content (AvgIpc) is 2.25. The summed E-state index contributed by atoms with van der Waals surface area (Å²) in [6, 6.07) is 1.72. The number of hydrogen-bond donors (Lipinski definition) is 2. The van der Waals surface area contributed by atoms with E-state index >= 15 is 0 Å². The van der Waals surface area contributed by atoms with Gasteiger partial charge in [0.2, 0.25) is 0 Å². The first-order valence-electron chi connectivity index (χ1n) is 5.10. The standard InChI is InChI=1S/C10H18N4O/c1-4-15-9(7(2)3)10-12-6-5-8(13-10)14-11/h5-7,9H,4,11H2,1-3H3,(H,12,13,14). The Morgan fingerprint density at radius 1 is 1.53 bits per heavy atom. The molecule has 0 aromatic carbocycles. The van der Waals surface area contributed by atoms with E-state index in [9.17, 15) is 0 Å². The zero-order chi connectivity index (χ0) is 11.3. The smallest absolute Gasteiger partial charge is 0.159 e. The second-order valence-corrected chi connectivity index (χ2v) is 3.56. The van der Waals surface area contributed by atoms with Gasteiger partial charge in [-0.2, -0.15) is 0 Å². The third-order valence-electron chi connectivity index (χ3n) is 2.03. The maximum Gasteiger partial charge on any atom is 0.159 e. The number of nitrogens with two attached hydrogens (primary N) is 1. The van der Waals surface area contributed by atoms with Gasteiger partial charge in [-0.25, -0.2) is 15.8 Å². The average molecular weight is 210 g/mol. The van der Waals surface area contributed by atoms with Gasteiger partial charge in [-0.15, -0.1) is 0 Å². The zero-order valence-electron chi connectivity index (χ0n) is 9.40. The Balaban J connectivity index is 2.89. The molecule has 15 heavy (non-hydrogen) atoms. The Labute approximate surface area is 90.0 Å². The number of hydrazine groups is 1. The van der Waals surface area contributed by atoms with Crippen molar-refractivity contribution in [2.75, 3.05) is 12.0 Å². The number of anilines is 1. The van der Waals surface area contributed by atoms with Gasteiger partial charge < -0.3 is 10.2 Å². The first-order chi connectivity index (χ1) is 7.19. The SMILES string of the molecule is CCOC(c1nccc(NN)n1)C(C)C. The summed E-state index contributed by atoms with van der Waals surface area (Å²) >= 11 is 0. The summed E-state index contributed by atoms with van der Waals surface area (Å²) in [6.07, 6.45) is 1.59. The van der Waals surface area contributed by atoms with Gasteiger partial charge >= 0.3 is 0 Å². The van der Waals surface area contributed by atoms with E-state index in [1.165, 1.54) is 0 Å². The van der Waals surface area contributed by atoms with Crippen molar-refractivity contribution >= 4 is 5.82 Å². The number of nitrogen functional groups attached to an aromatic ring is 1. The molecule has 0 aliphatic rings. The minimum atomic E-state index is -0.0803. The van der Waals surface area contributed by atoms with Crippen LogP contribution in [-0.2, 0) is 4.74 Å². The van der Waals surface area contributed by atoms with E-state index < -0.39 is 0 Å². The van der Waals surface area contributed by atoms with E-state index in [0.29, 0.717) is 24.2 Å². The van der Waals surface area contributed by atoms with Crippen molar-refractivity contribution in [1.82, 2.24) is 9.97 Å². The summed E-state index contributed by atoms with van der Waals surface area (Å²) in [4.78, 5) is 8.46. The van der Waals surface area contributed by atoms with Crippen LogP contribution in [0.3, 0.4) is 0 Å². The lowest BCUT2D eigenvalue weighted by atomic mass is 10.1. The molecule has 0 aliphatic heterocycles. The Morgan fingerprint density at radius 2 is 2.27 bits per heavy atom. The maximum atomic E-state index is 5.60. The van der Waals surface area contributed by atoms with Crippen molar-refractivity contribution in [3.63, 3.8) is 0 Å². The topological polar surface area (TPSA) is 73.1 Å². The van der Waals surface area contributed by atoms with Crippen LogP contribution in [0.4, 0.5) is 5.82 Å². The summed E-state index contributed by atoms with van der Waals surface area (Å²) in [5, 5.41) is 0. The quantitative estimate of drug-likeness (QED) is 0.569. The molecule has 1 heterocycles. The molecule has 0 radical (unpaired) electrons. The van der Waals surface area contributed by atoms with E-state index in [1.807, 2.05) is 6.92 Å². The molecule has 0 saturated heterocycles. The summed E-state index contributed by atoms with van der Waals surface area (Å²) in [6.45, 7) is 6.76. The van der Waals surface area contributed by atoms with Gasteiger partial charge in [0.05, 0.1) is 0 Å². The van der Waals surface area contributed by atoms with Gasteiger partial charge in [0.25, 0.3) is 0 Å². The molecule has 5 nitrogen and oxygen atoms in total. The monoisotopic (exact) mass is 210 g/mol. The molecule has 0 spiro atoms. The predicted molar refractivity (Wildman–Crippen MR) is 59.0 cm³/mol. The highest BCUT2D eigenvalue weighted by Gasteiger charge is 2.18. The first-order valence-corrected chi connectivity index (χ1v) is 5.10. The molecule has 1 unspecified atom stereocenters. The Morgan fingerprint density at radius 3 is 2.80 bits per heavy atom. The van der Waals surface area contributed by atoms with Crippen molar-refractivity contribution in [2.45, 2.75) is 26.9 Å². The van der Waals surface area contributed by atoms with Crippen molar-refractivity contribution in [1.29, 1.82) is 0 Å². The predicted octanol–water partition coefficient (Wildman–Crippen LogP) is 1.50. The fourth-order valence-corrected chi connectivity index (χ4v) is 1.34. The number of aromatic nitrogens is 2. The summed E-state index contributed by atoms with van der Waals surface area (Å²) < 4.78 is 5.60. The first kappa shape index (κ1) is 11.9. The molecule has 0 bridgehead atoms. The van der Waals surface area contributed by atoms with Crippen LogP contribution in [0.5, 0.6) is 0 Å². The molecule has 0 saturated carbocycles. The lowest BCUT2D eigenvalue weighted by Crippen LogP contribution is -2.16. The van der Waals surface area contributed by atoms with Gasteiger partial charge in [-0.05, 0) is 12.8 Å². The van der Waals surface area contributed by atoms with Gasteiger partial charge in [0, 0.05) is 18.9 Å². The Kier molecular flexibility index (Phi) is 4.45. The maximum absolute atomic E-state index is 5.60. The van der Waals surface area contributed by atoms with Crippen LogP contribution in [0.1, 0.15) is 32.7 Å². The third kappa shape index (κ3) is 3.14. The number of hydrogen-bond acceptors (Lipinski definition) is 5. The summed E-state index contributed by atoms with van der Waals surface area (Å²) in [5.74, 6) is 6.89. The van der Waals surface area contributed by atoms with Crippen LogP contribution in [0, 0.1) is 5.92 Å². The molecule has 5 heteroatoms. The van der Waals surface area contributed by atoms with Crippen molar-refractivity contribution in [3.05, 3.63) is 18.1 Å². The molecule has 1 rings (SSSR count). The Bertz CT molecular complexity index is 303. The molecule has 0 amide bonds. The zero-order valence-corrected chi connectivity index (χ0v) is 9.40. The number of nitrogens with zero attached hydrogens (tertiary/aromatic N) is 2. The summed E-state index contributed by atoms with van der Waals surface area (Å²) in [5.41, 5.74) is 2.50. The highest BCUT2D eigenvalue weighted by atomic mass is 16.5. The molecule has 0 aliphatic carbocycles. The largest absolute Gasteiger partial charge is 0.370 e. The van der Waals surface area contributed by atoms with E-state index in [0.717, 1.165) is 0 Å². The van der Waals surface area contributed by atoms with Crippen LogP contribution >= 0.6 is 0 Å². The molecule has 1 aromatic heterocycles. The van der Waals surface area contributed by atoms with Crippen LogP contribution in [0.25, 0.3) is 0 Å². The highest BCUT2D eigenvalue weighted by Crippen LogP contribution is 2.22. The number of nitrogens with one attached hydrogen (secondary N) is 1. The van der Waals surface area contributed by atoms with Crippen molar-refractivity contribution < 1.29 is 4.74 Å². The Hall–Kier alpha value is -1.20. The molecule has 1 aromatic rings. The van der Waals surface area contributed by atoms with Crippen LogP contribution in [0.15, 0.2) is 12.3 Å². The highest BCUT2D eigenvalue weighted by molar-refractivity contribution is 5.31. The minimum Gasteiger partial charge on any atom is -0.370 e. The lowest BCUT2D eigenvalue weighted by molar-refractivity contribution is 0.0233. The molecule has 0 fully saturated rings. The van der Waals surface area contributed by atoms with E-state index in [2.05, 4.69) is 29.2 Å². The van der Waals surface area contributed by atoms with Crippen LogP contribution < -0.4 is 11.3 Å². The second-order valence-electron chi connectivity index (χ2n) is 3.56. The molecule has 3 N–H and O–H groups in total. The molecule has 84 valence electrons. The molecule has 1 atom stereocenters. The lowest BCUT2D eigenvalue weighted by Gasteiger charge is -2.19. The number of rotatable bonds is 5. The van der Waals surface area contributed by atoms with Crippen LogP contribution in [0.2, 0.25) is 0 Å². The fraction of sp³-hybridized carbons (Fsp3) is 0.600.